The highest BCUT2D eigenvalue weighted by molar-refractivity contribution is 9.10. The third-order valence-electron chi connectivity index (χ3n) is 4.49. The number of rotatable bonds is 5. The molecule has 0 amide bonds. The molecule has 0 unspecified atom stereocenters. The molecule has 0 atom stereocenters. The number of anilines is 1. The zero-order chi connectivity index (χ0) is 21.0. The van der Waals surface area contributed by atoms with Crippen LogP contribution < -0.4 is 5.01 Å². The second-order valence-corrected chi connectivity index (χ2v) is 8.59. The van der Waals surface area contributed by atoms with Gasteiger partial charge in [-0.3, -0.25) is 9.69 Å². The Balaban J connectivity index is 1.79. The summed E-state index contributed by atoms with van der Waals surface area (Å²) in [6.07, 6.45) is 1.63. The van der Waals surface area contributed by atoms with Gasteiger partial charge in [-0.2, -0.15) is 5.10 Å². The molecule has 0 saturated carbocycles. The SMILES string of the molecule is CC=NN(C(=S)N1CCN(CC(=O)O)CC1)c1csc(-c2ccc(Br)cc2)c1O. The van der Waals surface area contributed by atoms with Crippen molar-refractivity contribution in [3.63, 3.8) is 0 Å². The number of aliphatic carboxylic acids is 1. The first-order valence-corrected chi connectivity index (χ1v) is 11.1. The number of thiocarbonyl (C=S) groups is 1. The molecule has 1 aliphatic heterocycles. The van der Waals surface area contributed by atoms with E-state index in [1.807, 2.05) is 39.4 Å². The number of thiophene rings is 1. The van der Waals surface area contributed by atoms with Crippen LogP contribution in [-0.2, 0) is 4.79 Å². The number of hydrazone groups is 1. The number of benzene rings is 1. The van der Waals surface area contributed by atoms with E-state index in [1.54, 1.807) is 18.1 Å². The Labute approximate surface area is 187 Å². The second-order valence-electron chi connectivity index (χ2n) is 6.43. The summed E-state index contributed by atoms with van der Waals surface area (Å²) in [7, 11) is 0. The van der Waals surface area contributed by atoms with Crippen molar-refractivity contribution in [1.82, 2.24) is 9.80 Å². The van der Waals surface area contributed by atoms with Gasteiger partial charge < -0.3 is 15.1 Å². The summed E-state index contributed by atoms with van der Waals surface area (Å²) < 4.78 is 0.970. The van der Waals surface area contributed by atoms with E-state index in [2.05, 4.69) is 21.0 Å². The van der Waals surface area contributed by atoms with Gasteiger partial charge in [-0.1, -0.05) is 28.1 Å². The number of nitrogens with zero attached hydrogens (tertiary/aromatic N) is 4. The molecule has 0 bridgehead atoms. The van der Waals surface area contributed by atoms with E-state index < -0.39 is 5.97 Å². The maximum atomic E-state index is 10.9. The summed E-state index contributed by atoms with van der Waals surface area (Å²) in [5.74, 6) is -0.698. The number of piperazine rings is 1. The van der Waals surface area contributed by atoms with Gasteiger partial charge in [-0.05, 0) is 36.8 Å². The zero-order valence-electron chi connectivity index (χ0n) is 15.8. The number of carboxylic acids is 1. The van der Waals surface area contributed by atoms with Crippen molar-refractivity contribution < 1.29 is 15.0 Å². The van der Waals surface area contributed by atoms with E-state index in [-0.39, 0.29) is 12.3 Å². The lowest BCUT2D eigenvalue weighted by molar-refractivity contribution is -0.138. The van der Waals surface area contributed by atoms with Gasteiger partial charge in [0, 0.05) is 42.2 Å². The summed E-state index contributed by atoms with van der Waals surface area (Å²) >= 11 is 10.5. The average molecular weight is 497 g/mol. The van der Waals surface area contributed by atoms with Crippen LogP contribution in [-0.4, -0.2) is 70.0 Å². The van der Waals surface area contributed by atoms with Gasteiger partial charge in [0.05, 0.1) is 11.4 Å². The third-order valence-corrected chi connectivity index (χ3v) is 6.46. The zero-order valence-corrected chi connectivity index (χ0v) is 19.0. The molecule has 1 saturated heterocycles. The maximum Gasteiger partial charge on any atom is 0.317 e. The van der Waals surface area contributed by atoms with Crippen LogP contribution in [0, 0.1) is 0 Å². The molecule has 0 aliphatic carbocycles. The topological polar surface area (TPSA) is 79.6 Å². The van der Waals surface area contributed by atoms with Crippen molar-refractivity contribution >= 4 is 62.5 Å². The first-order chi connectivity index (χ1) is 13.9. The molecule has 3 rings (SSSR count). The molecule has 10 heteroatoms. The van der Waals surface area contributed by atoms with Crippen molar-refractivity contribution in [3.8, 4) is 16.2 Å². The largest absolute Gasteiger partial charge is 0.504 e. The Bertz CT molecular complexity index is 909. The molecule has 2 N–H and O–H groups in total. The molecular weight excluding hydrogens is 476 g/mol. The van der Waals surface area contributed by atoms with E-state index in [0.717, 1.165) is 14.9 Å². The molecule has 7 nitrogen and oxygen atoms in total. The van der Waals surface area contributed by atoms with Gasteiger partial charge in [0.25, 0.3) is 0 Å². The van der Waals surface area contributed by atoms with Gasteiger partial charge in [-0.25, -0.2) is 5.01 Å². The Morgan fingerprint density at radius 2 is 1.97 bits per heavy atom. The Hall–Kier alpha value is -2.01. The fourth-order valence-electron chi connectivity index (χ4n) is 3.05. The number of halogens is 1. The van der Waals surface area contributed by atoms with Gasteiger partial charge in [0.2, 0.25) is 0 Å². The molecule has 1 fully saturated rings. The van der Waals surface area contributed by atoms with E-state index in [0.29, 0.717) is 37.0 Å². The molecular formula is C19H21BrN4O3S2. The highest BCUT2D eigenvalue weighted by Crippen LogP contribution is 2.44. The lowest BCUT2D eigenvalue weighted by Crippen LogP contribution is -2.52. The van der Waals surface area contributed by atoms with Crippen LogP contribution in [0.4, 0.5) is 5.69 Å². The molecule has 0 radical (unpaired) electrons. The van der Waals surface area contributed by atoms with E-state index >= 15 is 0 Å². The first kappa shape index (κ1) is 21.7. The van der Waals surface area contributed by atoms with Crippen molar-refractivity contribution in [3.05, 3.63) is 34.1 Å². The predicted octanol–water partition coefficient (Wildman–Crippen LogP) is 3.68. The number of aromatic hydroxyl groups is 1. The second kappa shape index (κ2) is 9.66. The predicted molar refractivity (Wildman–Crippen MR) is 124 cm³/mol. The highest BCUT2D eigenvalue weighted by atomic mass is 79.9. The van der Waals surface area contributed by atoms with Gasteiger partial charge >= 0.3 is 5.97 Å². The lowest BCUT2D eigenvalue weighted by atomic mass is 10.2. The van der Waals surface area contributed by atoms with Crippen LogP contribution in [0.15, 0.2) is 39.2 Å². The molecule has 2 aromatic rings. The smallest absolute Gasteiger partial charge is 0.317 e. The van der Waals surface area contributed by atoms with E-state index in [9.17, 15) is 9.90 Å². The standard InChI is InChI=1S/C19H21BrN4O3S2/c1-2-21-24(19(28)23-9-7-22(8-10-23)11-16(25)26)15-12-29-18(17(15)27)13-3-5-14(20)6-4-13/h2-6,12,27H,7-11H2,1H3,(H,25,26). The summed E-state index contributed by atoms with van der Waals surface area (Å²) in [4.78, 5) is 15.5. The monoisotopic (exact) mass is 496 g/mol. The molecule has 154 valence electrons. The van der Waals surface area contributed by atoms with Crippen molar-refractivity contribution in [2.45, 2.75) is 6.92 Å². The molecule has 0 spiro atoms. The molecule has 1 aromatic heterocycles. The Morgan fingerprint density at radius 1 is 1.31 bits per heavy atom. The molecule has 2 heterocycles. The number of hydrogen-bond acceptors (Lipinski definition) is 6. The molecule has 1 aliphatic rings. The summed E-state index contributed by atoms with van der Waals surface area (Å²) in [6.45, 7) is 4.24. The van der Waals surface area contributed by atoms with Gasteiger partial charge in [-0.15, -0.1) is 11.3 Å². The Morgan fingerprint density at radius 3 is 2.55 bits per heavy atom. The van der Waals surface area contributed by atoms with E-state index in [4.69, 9.17) is 17.3 Å². The van der Waals surface area contributed by atoms with E-state index in [1.165, 1.54) is 11.3 Å². The van der Waals surface area contributed by atoms with Crippen LogP contribution >= 0.6 is 39.5 Å². The van der Waals surface area contributed by atoms with Gasteiger partial charge in [0.1, 0.15) is 5.69 Å². The first-order valence-electron chi connectivity index (χ1n) is 8.99. The summed E-state index contributed by atoms with van der Waals surface area (Å²) in [5, 5.41) is 28.1. The average Bonchev–Trinajstić information content (AvgIpc) is 3.07. The summed E-state index contributed by atoms with van der Waals surface area (Å²) in [5.41, 5.74) is 1.44. The van der Waals surface area contributed by atoms with Crippen molar-refractivity contribution in [2.24, 2.45) is 5.10 Å². The van der Waals surface area contributed by atoms with Crippen molar-refractivity contribution in [2.75, 3.05) is 37.7 Å². The van der Waals surface area contributed by atoms with Crippen LogP contribution in [0.5, 0.6) is 5.75 Å². The van der Waals surface area contributed by atoms with Crippen molar-refractivity contribution in [1.29, 1.82) is 0 Å². The number of carbonyl (C=O) groups is 1. The minimum absolute atomic E-state index is 0.0271. The number of carboxylic acid groups (broad SMARTS) is 1. The fraction of sp³-hybridized carbons (Fsp3) is 0.316. The van der Waals surface area contributed by atoms with Crippen LogP contribution in [0.2, 0.25) is 0 Å². The Kier molecular flexibility index (Phi) is 7.23. The highest BCUT2D eigenvalue weighted by Gasteiger charge is 2.27. The van der Waals surface area contributed by atoms with Crippen LogP contribution in [0.3, 0.4) is 0 Å². The molecule has 1 aromatic carbocycles. The maximum absolute atomic E-state index is 10.9. The lowest BCUT2D eigenvalue weighted by Gasteiger charge is -2.37. The summed E-state index contributed by atoms with van der Waals surface area (Å²) in [6, 6.07) is 7.73. The molecule has 29 heavy (non-hydrogen) atoms. The minimum atomic E-state index is -0.832. The minimum Gasteiger partial charge on any atom is -0.504 e. The van der Waals surface area contributed by atoms with Crippen LogP contribution in [0.1, 0.15) is 6.92 Å². The third kappa shape index (κ3) is 5.13. The quantitative estimate of drug-likeness (QED) is 0.371. The van der Waals surface area contributed by atoms with Gasteiger partial charge in [0.15, 0.2) is 10.9 Å². The number of hydrogen-bond donors (Lipinski definition) is 2. The fourth-order valence-corrected chi connectivity index (χ4v) is 4.57. The van der Waals surface area contributed by atoms with Crippen LogP contribution in [0.25, 0.3) is 10.4 Å². The normalized spacial score (nSPS) is 15.0.